The normalized spacial score (nSPS) is 14.5. The molecule has 2 aromatic rings. The van der Waals surface area contributed by atoms with Gasteiger partial charge in [-0.05, 0) is 17.2 Å². The predicted octanol–water partition coefficient (Wildman–Crippen LogP) is 2.39. The summed E-state index contributed by atoms with van der Waals surface area (Å²) in [4.78, 5) is 14.9. The number of benzene rings is 2. The molecule has 0 aliphatic carbocycles. The van der Waals surface area contributed by atoms with Gasteiger partial charge in [0.1, 0.15) is 11.5 Å². The van der Waals surface area contributed by atoms with Crippen molar-refractivity contribution in [2.45, 2.75) is 19.5 Å². The Balaban J connectivity index is 1.59. The van der Waals surface area contributed by atoms with Gasteiger partial charge in [0, 0.05) is 37.8 Å². The first-order chi connectivity index (χ1) is 13.7. The summed E-state index contributed by atoms with van der Waals surface area (Å²) in [6.45, 7) is 4.83. The molecule has 1 N–H and O–H groups in total. The van der Waals surface area contributed by atoms with Gasteiger partial charge in [-0.3, -0.25) is 9.69 Å². The fourth-order valence-electron chi connectivity index (χ4n) is 3.31. The van der Waals surface area contributed by atoms with Crippen molar-refractivity contribution < 1.29 is 19.0 Å². The lowest BCUT2D eigenvalue weighted by Crippen LogP contribution is -2.36. The summed E-state index contributed by atoms with van der Waals surface area (Å²) in [7, 11) is 3.20. The molecular formula is C22H28N2O4. The second kappa shape index (κ2) is 10.1. The third-order valence-electron chi connectivity index (χ3n) is 4.94. The van der Waals surface area contributed by atoms with Crippen LogP contribution in [0.5, 0.6) is 11.5 Å². The minimum atomic E-state index is -0.0374. The van der Waals surface area contributed by atoms with Gasteiger partial charge in [0.25, 0.3) is 0 Å². The van der Waals surface area contributed by atoms with Crippen LogP contribution in [0.25, 0.3) is 0 Å². The second-order valence-corrected chi connectivity index (χ2v) is 6.79. The first-order valence-electron chi connectivity index (χ1n) is 9.54. The van der Waals surface area contributed by atoms with Crippen LogP contribution < -0.4 is 14.8 Å². The van der Waals surface area contributed by atoms with Gasteiger partial charge in [0.15, 0.2) is 0 Å². The summed E-state index contributed by atoms with van der Waals surface area (Å²) in [6, 6.07) is 13.8. The molecule has 3 rings (SSSR count). The van der Waals surface area contributed by atoms with Gasteiger partial charge in [-0.25, -0.2) is 0 Å². The Kier molecular flexibility index (Phi) is 7.28. The van der Waals surface area contributed by atoms with E-state index in [1.807, 2.05) is 24.3 Å². The molecule has 0 bridgehead atoms. The highest BCUT2D eigenvalue weighted by Crippen LogP contribution is 2.25. The lowest BCUT2D eigenvalue weighted by Gasteiger charge is -2.27. The molecule has 2 aromatic carbocycles. The van der Waals surface area contributed by atoms with E-state index < -0.39 is 0 Å². The zero-order chi connectivity index (χ0) is 19.8. The van der Waals surface area contributed by atoms with Gasteiger partial charge in [-0.15, -0.1) is 0 Å². The monoisotopic (exact) mass is 384 g/mol. The highest BCUT2D eigenvalue weighted by atomic mass is 16.5. The fraction of sp³-hybridized carbons (Fsp3) is 0.409. The Morgan fingerprint density at radius 1 is 1.04 bits per heavy atom. The zero-order valence-corrected chi connectivity index (χ0v) is 16.6. The summed E-state index contributed by atoms with van der Waals surface area (Å²) in [6.07, 6.45) is 0.263. The molecule has 0 atom stereocenters. The molecule has 0 saturated carbocycles. The molecule has 0 aromatic heterocycles. The molecule has 6 heteroatoms. The van der Waals surface area contributed by atoms with Gasteiger partial charge in [-0.2, -0.15) is 0 Å². The van der Waals surface area contributed by atoms with E-state index in [1.54, 1.807) is 20.3 Å². The third-order valence-corrected chi connectivity index (χ3v) is 4.94. The van der Waals surface area contributed by atoms with Crippen LogP contribution in [0.2, 0.25) is 0 Å². The van der Waals surface area contributed by atoms with Gasteiger partial charge in [0.2, 0.25) is 5.91 Å². The molecule has 1 aliphatic rings. The summed E-state index contributed by atoms with van der Waals surface area (Å²) in [5.74, 6) is 1.32. The van der Waals surface area contributed by atoms with Crippen LogP contribution in [0.15, 0.2) is 42.5 Å². The summed E-state index contributed by atoms with van der Waals surface area (Å²) < 4.78 is 16.0. The van der Waals surface area contributed by atoms with Crippen molar-refractivity contribution in [1.82, 2.24) is 10.2 Å². The Hall–Kier alpha value is -2.57. The van der Waals surface area contributed by atoms with E-state index in [0.29, 0.717) is 18.0 Å². The van der Waals surface area contributed by atoms with Crippen molar-refractivity contribution in [3.05, 3.63) is 59.2 Å². The smallest absolute Gasteiger partial charge is 0.224 e. The largest absolute Gasteiger partial charge is 0.497 e. The minimum absolute atomic E-state index is 0.0374. The average Bonchev–Trinajstić information content (AvgIpc) is 2.74. The van der Waals surface area contributed by atoms with E-state index in [-0.39, 0.29) is 12.3 Å². The van der Waals surface area contributed by atoms with Gasteiger partial charge >= 0.3 is 0 Å². The standard InChI is InChI=1S/C22H28N2O4/c1-26-20-8-7-17(21(14-20)27-2)13-22(25)23-15-18-5-3-4-6-19(18)16-24-9-11-28-12-10-24/h3-8,14H,9-13,15-16H2,1-2H3,(H,23,25). The van der Waals surface area contributed by atoms with E-state index in [9.17, 15) is 4.79 Å². The molecule has 1 heterocycles. The summed E-state index contributed by atoms with van der Waals surface area (Å²) in [5.41, 5.74) is 3.22. The second-order valence-electron chi connectivity index (χ2n) is 6.79. The first kappa shape index (κ1) is 20.2. The third kappa shape index (κ3) is 5.47. The molecule has 0 unspecified atom stereocenters. The van der Waals surface area contributed by atoms with Crippen molar-refractivity contribution in [3.63, 3.8) is 0 Å². The molecule has 1 amide bonds. The topological polar surface area (TPSA) is 60.0 Å². The van der Waals surface area contributed by atoms with Crippen LogP contribution in [-0.2, 0) is 29.0 Å². The number of morpholine rings is 1. The molecule has 28 heavy (non-hydrogen) atoms. The number of methoxy groups -OCH3 is 2. The highest BCUT2D eigenvalue weighted by molar-refractivity contribution is 5.79. The maximum atomic E-state index is 12.5. The van der Waals surface area contributed by atoms with Crippen LogP contribution >= 0.6 is 0 Å². The number of carbonyl (C=O) groups is 1. The van der Waals surface area contributed by atoms with Crippen molar-refractivity contribution >= 4 is 5.91 Å². The highest BCUT2D eigenvalue weighted by Gasteiger charge is 2.14. The number of nitrogens with one attached hydrogen (secondary N) is 1. The Labute approximate surface area is 166 Å². The van der Waals surface area contributed by atoms with E-state index in [4.69, 9.17) is 14.2 Å². The quantitative estimate of drug-likeness (QED) is 0.757. The molecule has 6 nitrogen and oxygen atoms in total. The van der Waals surface area contributed by atoms with Crippen molar-refractivity contribution in [3.8, 4) is 11.5 Å². The number of amides is 1. The van der Waals surface area contributed by atoms with Crippen molar-refractivity contribution in [2.75, 3.05) is 40.5 Å². The van der Waals surface area contributed by atoms with Crippen LogP contribution in [0.4, 0.5) is 0 Å². The maximum absolute atomic E-state index is 12.5. The summed E-state index contributed by atoms with van der Waals surface area (Å²) >= 11 is 0. The first-order valence-corrected chi connectivity index (χ1v) is 9.54. The number of hydrogen-bond donors (Lipinski definition) is 1. The van der Waals surface area contributed by atoms with E-state index in [2.05, 4.69) is 22.3 Å². The molecule has 1 fully saturated rings. The van der Waals surface area contributed by atoms with Gasteiger partial charge in [-0.1, -0.05) is 30.3 Å². The summed E-state index contributed by atoms with van der Waals surface area (Å²) in [5, 5.41) is 3.04. The predicted molar refractivity (Wildman–Crippen MR) is 108 cm³/mol. The minimum Gasteiger partial charge on any atom is -0.497 e. The van der Waals surface area contributed by atoms with Crippen LogP contribution in [0, 0.1) is 0 Å². The van der Waals surface area contributed by atoms with E-state index >= 15 is 0 Å². The Morgan fingerprint density at radius 3 is 2.50 bits per heavy atom. The Morgan fingerprint density at radius 2 is 1.79 bits per heavy atom. The number of hydrogen-bond acceptors (Lipinski definition) is 5. The number of ether oxygens (including phenoxy) is 3. The zero-order valence-electron chi connectivity index (χ0n) is 16.6. The molecule has 1 aliphatic heterocycles. The molecular weight excluding hydrogens is 356 g/mol. The SMILES string of the molecule is COc1ccc(CC(=O)NCc2ccccc2CN2CCOCC2)c(OC)c1. The lowest BCUT2D eigenvalue weighted by atomic mass is 10.1. The fourth-order valence-corrected chi connectivity index (χ4v) is 3.31. The van der Waals surface area contributed by atoms with Crippen LogP contribution in [0.3, 0.4) is 0 Å². The van der Waals surface area contributed by atoms with Crippen LogP contribution in [-0.4, -0.2) is 51.3 Å². The number of nitrogens with zero attached hydrogens (tertiary/aromatic N) is 1. The number of rotatable bonds is 8. The molecule has 0 radical (unpaired) electrons. The van der Waals surface area contributed by atoms with Crippen LogP contribution in [0.1, 0.15) is 16.7 Å². The van der Waals surface area contributed by atoms with E-state index in [0.717, 1.165) is 44.0 Å². The van der Waals surface area contributed by atoms with Crippen molar-refractivity contribution in [2.24, 2.45) is 0 Å². The molecule has 1 saturated heterocycles. The van der Waals surface area contributed by atoms with Gasteiger partial charge < -0.3 is 19.5 Å². The average molecular weight is 384 g/mol. The Bertz CT molecular complexity index is 788. The van der Waals surface area contributed by atoms with Gasteiger partial charge in [0.05, 0.1) is 33.9 Å². The van der Waals surface area contributed by atoms with Crippen molar-refractivity contribution in [1.29, 1.82) is 0 Å². The maximum Gasteiger partial charge on any atom is 0.224 e. The number of carbonyl (C=O) groups excluding carboxylic acids is 1. The molecule has 0 spiro atoms. The van der Waals surface area contributed by atoms with E-state index in [1.165, 1.54) is 5.56 Å². The molecule has 150 valence electrons. The lowest BCUT2D eigenvalue weighted by molar-refractivity contribution is -0.120.